The molecule has 147 heavy (non-hydrogen) atoms. The van der Waals surface area contributed by atoms with Gasteiger partial charge in [0.25, 0.3) is 20.0 Å². The van der Waals surface area contributed by atoms with Crippen LogP contribution in [0, 0.1) is 0 Å². The van der Waals surface area contributed by atoms with Gasteiger partial charge in [0.15, 0.2) is 10.1 Å². The van der Waals surface area contributed by atoms with Crippen LogP contribution in [0.3, 0.4) is 0 Å². The zero-order valence-electron chi connectivity index (χ0n) is 85.4. The second-order valence-corrected chi connectivity index (χ2v) is 43.7. The second kappa shape index (κ2) is 59.1. The summed E-state index contributed by atoms with van der Waals surface area (Å²) in [6, 6.07) is 61.6. The van der Waals surface area contributed by atoms with E-state index in [9.17, 15) is 80.7 Å². The fraction of sp³-hybridized carbons (Fsp3) is 0.495. The molecule has 6 aromatic carbocycles. The summed E-state index contributed by atoms with van der Waals surface area (Å²) < 4.78 is 80.6. The number of aliphatic hydroxyl groups is 5. The van der Waals surface area contributed by atoms with E-state index in [-0.39, 0.29) is 105 Å². The van der Waals surface area contributed by atoms with Crippen molar-refractivity contribution in [3.63, 3.8) is 0 Å². The van der Waals surface area contributed by atoms with E-state index < -0.39 is 134 Å². The maximum atomic E-state index is 13.2. The molecule has 14 atom stereocenters. The molecule has 5 saturated heterocycles. The Hall–Kier alpha value is -12.2. The van der Waals surface area contributed by atoms with Crippen LogP contribution in [0.1, 0.15) is 160 Å². The number of aromatic nitrogens is 2. The number of β-amino-alcohol motifs (C(OH)–C–C–N with tert-alkyl or cyclic N) is 5. The summed E-state index contributed by atoms with van der Waals surface area (Å²) in [6.07, 6.45) is 3.71. The van der Waals surface area contributed by atoms with E-state index in [0.29, 0.717) is 84.0 Å². The molecular formula is C107H150N16O22S2. The Morgan fingerprint density at radius 1 is 0.395 bits per heavy atom. The number of benzene rings is 6. The number of ether oxygens (including phenoxy) is 5. The highest BCUT2D eigenvalue weighted by Gasteiger charge is 2.40. The second-order valence-electron chi connectivity index (χ2n) is 39.9. The van der Waals surface area contributed by atoms with Crippen molar-refractivity contribution >= 4 is 68.2 Å². The van der Waals surface area contributed by atoms with Crippen LogP contribution in [0.5, 0.6) is 0 Å². The molecule has 17 N–H and O–H groups in total. The maximum absolute atomic E-state index is 13.2. The zero-order chi connectivity index (χ0) is 107. The monoisotopic (exact) mass is 2080 g/mol. The quantitative estimate of drug-likeness (QED) is 0.0204. The predicted molar refractivity (Wildman–Crippen MR) is 555 cm³/mol. The number of amides is 8. The number of carbonyl (C=O) groups is 8. The molecule has 2 aromatic heterocycles. The normalized spacial score (nSPS) is 21.0. The van der Waals surface area contributed by atoms with Gasteiger partial charge in [0.1, 0.15) is 42.1 Å². The molecule has 5 fully saturated rings. The first-order chi connectivity index (χ1) is 69.9. The van der Waals surface area contributed by atoms with Crippen LogP contribution in [-0.4, -0.2) is 293 Å². The molecule has 0 radical (unpaired) electrons. The number of hydrogen-bond acceptors (Lipinski definition) is 28. The average Bonchev–Trinajstić information content (AvgIpc) is 1.76. The summed E-state index contributed by atoms with van der Waals surface area (Å²) in [4.78, 5) is 111. The van der Waals surface area contributed by atoms with Crippen LogP contribution in [-0.2, 0) is 97.0 Å². The molecule has 13 rings (SSSR count). The summed E-state index contributed by atoms with van der Waals surface area (Å²) in [5.74, 6) is -1.18. The topological polar surface area (TPSA) is 539 Å². The molecule has 8 aromatic rings. The number of carbonyl (C=O) groups excluding carboxylic acids is 8. The highest BCUT2D eigenvalue weighted by atomic mass is 32.2. The molecule has 0 spiro atoms. The number of rotatable bonds is 28. The van der Waals surface area contributed by atoms with Gasteiger partial charge in [-0.25, -0.2) is 50.8 Å². The summed E-state index contributed by atoms with van der Waals surface area (Å²) in [5.41, 5.74) is 15.5. The first-order valence-electron chi connectivity index (χ1n) is 50.1. The molecule has 40 heteroatoms. The SMILES string of the molecule is CC(C)(C)OC(=O)N[C@@H](Cc1ccccc1)C(=O)NC1CCCN(S(=O)(=O)c2ccccn2)CC1O.CC(C)(C)OC(=O)N[C@@H](Cc1ccccc1)C(=O)NC1CCCNCC1O.CC(C)(C)OC(=O)N[C@H](CNC1CCCN(C(=O)OCc2ccccc2)CC1O)Cc1ccccc1.N[C@@H](Cc1ccccc1)C(=O)NC1CCCN(S(=O)(=O)c2ccccn2)CC1O.N[C@@H]1CCCN(C(=O)OCc2ccccc2)C[C@H]1O. The van der Waals surface area contributed by atoms with Crippen LogP contribution >= 0.6 is 0 Å². The lowest BCUT2D eigenvalue weighted by atomic mass is 10.0. The summed E-state index contributed by atoms with van der Waals surface area (Å²) in [6.45, 7) is 19.8. The Morgan fingerprint density at radius 2 is 0.728 bits per heavy atom. The van der Waals surface area contributed by atoms with Gasteiger partial charge in [0.05, 0.1) is 67.8 Å². The van der Waals surface area contributed by atoms with Gasteiger partial charge in [-0.3, -0.25) is 14.4 Å². The van der Waals surface area contributed by atoms with Gasteiger partial charge in [0, 0.05) is 95.7 Å². The van der Waals surface area contributed by atoms with Crippen LogP contribution in [0.4, 0.5) is 24.0 Å². The number of nitrogens with two attached hydrogens (primary N) is 2. The first-order valence-corrected chi connectivity index (χ1v) is 53.0. The Bertz CT molecular complexity index is 5550. The van der Waals surface area contributed by atoms with Crippen molar-refractivity contribution in [2.24, 2.45) is 11.5 Å². The minimum Gasteiger partial charge on any atom is -0.445 e. The fourth-order valence-electron chi connectivity index (χ4n) is 16.6. The molecule has 38 nitrogen and oxygen atoms in total. The molecule has 8 amide bonds. The van der Waals surface area contributed by atoms with Gasteiger partial charge in [-0.05, 0) is 204 Å². The van der Waals surface area contributed by atoms with Gasteiger partial charge < -0.3 is 113 Å². The van der Waals surface area contributed by atoms with Crippen molar-refractivity contribution in [1.82, 2.24) is 70.9 Å². The third-order valence-electron chi connectivity index (χ3n) is 24.2. The Labute approximate surface area is 863 Å². The lowest BCUT2D eigenvalue weighted by Crippen LogP contribution is -2.54. The molecule has 8 unspecified atom stereocenters. The van der Waals surface area contributed by atoms with Crippen LogP contribution < -0.4 is 54.0 Å². The number of aliphatic hydroxyl groups excluding tert-OH is 5. The lowest BCUT2D eigenvalue weighted by Gasteiger charge is -2.28. The Kier molecular flexibility index (Phi) is 47.6. The van der Waals surface area contributed by atoms with Crippen molar-refractivity contribution in [3.05, 3.63) is 264 Å². The van der Waals surface area contributed by atoms with Crippen molar-refractivity contribution in [3.8, 4) is 0 Å². The summed E-state index contributed by atoms with van der Waals surface area (Å²) in [5, 5.41) is 75.4. The molecule has 0 aliphatic carbocycles. The number of sulfonamides is 2. The molecule has 802 valence electrons. The standard InChI is InChI=1S/C28H39N3O5.C25H34N4O6S.C20H26N4O4S.C20H31N3O4.C14H20N2O3/c1-28(2,3)36-26(33)30-23(17-21-11-6-4-7-12-21)18-29-24-15-10-16-31(19-25(24)32)27(34)35-20-22-13-8-5-9-14-22;1-25(2,3)35-24(32)28-20(16-18-10-5-4-6-11-18)23(31)27-19-12-9-15-29(17-21(19)30)36(33,34)22-13-7-8-14-26-22;21-16(13-15-7-2-1-3-8-15)20(26)23-17-9-6-12-24(14-18(17)25)29(27,28)19-10-4-5-11-22-19;1-20(2,3)27-19(26)23-16(12-14-8-5-4-6-9-14)18(25)22-15-10-7-11-21-13-17(15)24;15-12-7-4-8-16(9-13(12)17)14(18)19-10-11-5-2-1-3-6-11/h4-9,11-14,23-25,29,32H,10,15-20H2,1-3H3,(H,30,33);4-8,10-11,13-14,19-21,30H,9,12,15-17H2,1-3H3,(H,27,31)(H,28,32);1-5,7-8,10-11,16-18,25H,6,9,12-14,21H2,(H,23,26);4-6,8-9,15-17,21,24H,7,10-13H2,1-3H3,(H,22,25)(H,23,26);1-3,5-6,12-13,17H,4,7-10,15H2/t23-,24?,25?;19?,20-,21?;16-,17?,18?;15?,16-,17?;12-,13-/m00001/s1. The van der Waals surface area contributed by atoms with Crippen molar-refractivity contribution in [2.45, 2.75) is 277 Å². The number of hydrogen-bond donors (Lipinski definition) is 15. The summed E-state index contributed by atoms with van der Waals surface area (Å²) >= 11 is 0. The average molecular weight is 2080 g/mol. The number of pyridine rings is 2. The third-order valence-corrected chi connectivity index (χ3v) is 27.8. The lowest BCUT2D eigenvalue weighted by molar-refractivity contribution is -0.125. The third kappa shape index (κ3) is 42.5. The molecule has 5 aliphatic rings. The van der Waals surface area contributed by atoms with Gasteiger partial charge in [-0.1, -0.05) is 194 Å². The number of nitrogens with zero attached hydrogens (tertiary/aromatic N) is 6. The maximum Gasteiger partial charge on any atom is 0.410 e. The van der Waals surface area contributed by atoms with E-state index in [1.54, 1.807) is 70.7 Å². The van der Waals surface area contributed by atoms with Crippen LogP contribution in [0.2, 0.25) is 0 Å². The van der Waals surface area contributed by atoms with E-state index in [4.69, 9.17) is 35.2 Å². The molecule has 5 aliphatic heterocycles. The van der Waals surface area contributed by atoms with Gasteiger partial charge in [-0.15, -0.1) is 0 Å². The highest BCUT2D eigenvalue weighted by molar-refractivity contribution is 7.89. The minimum absolute atomic E-state index is 0.0560. The van der Waals surface area contributed by atoms with Crippen molar-refractivity contribution in [1.29, 1.82) is 0 Å². The summed E-state index contributed by atoms with van der Waals surface area (Å²) in [7, 11) is -7.69. The number of nitrogens with one attached hydrogen (secondary N) is 8. The van der Waals surface area contributed by atoms with E-state index in [1.807, 2.05) is 203 Å². The highest BCUT2D eigenvalue weighted by Crippen LogP contribution is 2.26. The van der Waals surface area contributed by atoms with Crippen molar-refractivity contribution < 1.29 is 104 Å². The number of alkyl carbamates (subject to hydrolysis) is 3. The molecule has 0 bridgehead atoms. The molecule has 0 saturated carbocycles. The molecule has 7 heterocycles. The van der Waals surface area contributed by atoms with E-state index in [0.717, 1.165) is 65.6 Å². The van der Waals surface area contributed by atoms with Gasteiger partial charge >= 0.3 is 30.5 Å². The number of likely N-dealkylation sites (tertiary alicyclic amines) is 2. The van der Waals surface area contributed by atoms with E-state index in [1.165, 1.54) is 38.0 Å². The Balaban J connectivity index is 0.000000207. The van der Waals surface area contributed by atoms with E-state index in [2.05, 4.69) is 52.5 Å². The predicted octanol–water partition coefficient (Wildman–Crippen LogP) is 8.46. The smallest absolute Gasteiger partial charge is 0.410 e. The van der Waals surface area contributed by atoms with Crippen LogP contribution in [0.25, 0.3) is 0 Å². The van der Waals surface area contributed by atoms with Gasteiger partial charge in [0.2, 0.25) is 17.7 Å². The minimum atomic E-state index is -3.88. The largest absolute Gasteiger partial charge is 0.445 e. The van der Waals surface area contributed by atoms with Gasteiger partial charge in [-0.2, -0.15) is 8.61 Å². The molecular weight excluding hydrogens is 1930 g/mol. The van der Waals surface area contributed by atoms with Crippen LogP contribution in [0.15, 0.2) is 241 Å². The first kappa shape index (κ1) is 118. The fourth-order valence-corrected chi connectivity index (χ4v) is 19.5. The Morgan fingerprint density at radius 3 is 1.13 bits per heavy atom. The van der Waals surface area contributed by atoms with Crippen molar-refractivity contribution in [2.75, 3.05) is 72.0 Å². The van der Waals surface area contributed by atoms with E-state index >= 15 is 0 Å². The zero-order valence-corrected chi connectivity index (χ0v) is 87.1.